The van der Waals surface area contributed by atoms with E-state index in [0.29, 0.717) is 30.4 Å². The Morgan fingerprint density at radius 1 is 1.12 bits per heavy atom. The fourth-order valence-electron chi connectivity index (χ4n) is 5.20. The Bertz CT molecular complexity index is 1370. The van der Waals surface area contributed by atoms with Crippen LogP contribution in [-0.2, 0) is 30.1 Å². The molecule has 0 radical (unpaired) electrons. The summed E-state index contributed by atoms with van der Waals surface area (Å²) in [5.74, 6) is -0.192. The Labute approximate surface area is 246 Å². The summed E-state index contributed by atoms with van der Waals surface area (Å²) in [6, 6.07) is 5.00. The summed E-state index contributed by atoms with van der Waals surface area (Å²) in [6.07, 6.45) is 4.44. The Hall–Kier alpha value is -2.16. The first-order valence-electron chi connectivity index (χ1n) is 14.4. The first-order valence-corrected chi connectivity index (χ1v) is 18.1. The molecule has 9 nitrogen and oxygen atoms in total. The molecule has 1 aromatic carbocycles. The van der Waals surface area contributed by atoms with Gasteiger partial charge in [-0.3, -0.25) is 9.36 Å². The molecule has 1 amide bonds. The number of fused-ring (bicyclic) bond motifs is 1. The number of unbranched alkanes of at least 4 members (excludes halogenated alkanes) is 2. The fraction of sp³-hybridized carbons (Fsp3) is 0.667. The molecule has 1 aromatic rings. The second kappa shape index (κ2) is 12.2. The number of nitrogens with one attached hydrogen (secondary N) is 1. The van der Waals surface area contributed by atoms with Crippen LogP contribution in [0.2, 0.25) is 0 Å². The lowest BCUT2D eigenvalue weighted by Crippen LogP contribution is -2.45. The molecule has 11 heteroatoms. The fourth-order valence-corrected chi connectivity index (χ4v) is 7.95. The van der Waals surface area contributed by atoms with Gasteiger partial charge in [0.25, 0.3) is 5.91 Å². The zero-order chi connectivity index (χ0) is 31.0. The molecular formula is C30H48N3O6PS. The van der Waals surface area contributed by atoms with Crippen molar-refractivity contribution in [2.24, 2.45) is 15.6 Å². The topological polar surface area (TPSA) is 125 Å². The highest BCUT2D eigenvalue weighted by atomic mass is 32.2. The molecule has 0 aromatic heterocycles. The average molecular weight is 610 g/mol. The van der Waals surface area contributed by atoms with E-state index in [1.807, 2.05) is 39.0 Å². The number of hydrogen-bond donors (Lipinski definition) is 2. The highest BCUT2D eigenvalue weighted by Gasteiger charge is 2.48. The van der Waals surface area contributed by atoms with Crippen molar-refractivity contribution in [2.75, 3.05) is 23.9 Å². The quantitative estimate of drug-likeness (QED) is 0.232. The molecule has 0 bridgehead atoms. The molecule has 41 heavy (non-hydrogen) atoms. The van der Waals surface area contributed by atoms with Crippen LogP contribution in [0.1, 0.15) is 86.6 Å². The summed E-state index contributed by atoms with van der Waals surface area (Å²) in [7, 11) is -6.79. The van der Waals surface area contributed by atoms with E-state index < -0.39 is 34.9 Å². The summed E-state index contributed by atoms with van der Waals surface area (Å²) in [4.78, 5) is 15.5. The van der Waals surface area contributed by atoms with Crippen molar-refractivity contribution >= 4 is 40.1 Å². The van der Waals surface area contributed by atoms with Crippen molar-refractivity contribution in [2.45, 2.75) is 99.6 Å². The Balaban J connectivity index is 1.96. The number of aliphatic hydroxyl groups excluding tert-OH is 1. The van der Waals surface area contributed by atoms with Crippen LogP contribution in [0.5, 0.6) is 0 Å². The molecule has 3 rings (SSSR count). The second-order valence-electron chi connectivity index (χ2n) is 13.9. The molecule has 0 saturated carbocycles. The van der Waals surface area contributed by atoms with Gasteiger partial charge in [0.1, 0.15) is 21.2 Å². The summed E-state index contributed by atoms with van der Waals surface area (Å²) < 4.78 is 47.6. The van der Waals surface area contributed by atoms with E-state index in [1.54, 1.807) is 18.7 Å². The van der Waals surface area contributed by atoms with E-state index in [-0.39, 0.29) is 34.2 Å². The second-order valence-corrected chi connectivity index (χ2v) is 18.1. The van der Waals surface area contributed by atoms with Crippen LogP contribution in [0.25, 0.3) is 0 Å². The van der Waals surface area contributed by atoms with E-state index in [0.717, 1.165) is 24.8 Å². The highest BCUT2D eigenvalue weighted by Crippen LogP contribution is 2.53. The van der Waals surface area contributed by atoms with Crippen molar-refractivity contribution in [1.82, 2.24) is 4.90 Å². The van der Waals surface area contributed by atoms with Crippen LogP contribution < -0.4 is 10.6 Å². The minimum Gasteiger partial charge on any atom is -0.509 e. The van der Waals surface area contributed by atoms with Gasteiger partial charge in [-0.2, -0.15) is 4.76 Å². The average Bonchev–Trinajstić information content (AvgIpc) is 3.05. The molecular weight excluding hydrogens is 561 g/mol. The molecule has 2 aliphatic rings. The van der Waals surface area contributed by atoms with Crippen LogP contribution >= 0.6 is 7.52 Å². The number of hydrogen-bond acceptors (Lipinski definition) is 7. The number of amidine groups is 1. The standard InChI is InChI=1S/C30H48N3O6PS/c1-20(2)39-40(36)23-19-21(13-11-10-12-18-41(9,37)38)14-15-22(23)31-27(32-40)24-25(34)26(30(6,7)8)33(28(24)35)17-16-29(3,4)5/h14-15,19-20,26,34H,10-13,16-18H2,1-9H3,(H,31,32,36)/t26-,40?/m1/s1. The molecule has 2 heterocycles. The SMILES string of the molecule is CC(C)OP1(=O)N=C(C2=C(O)[C@H](C(C)(C)C)N(CCC(C)(C)C)C2=O)Nc2ccc(CCCCCS(C)(=O)=O)cc21. The monoisotopic (exact) mass is 609 g/mol. The van der Waals surface area contributed by atoms with Crippen LogP contribution in [0.3, 0.4) is 0 Å². The first kappa shape index (κ1) is 33.3. The lowest BCUT2D eigenvalue weighted by molar-refractivity contribution is -0.128. The third-order valence-electron chi connectivity index (χ3n) is 7.15. The largest absolute Gasteiger partial charge is 0.509 e. The number of carbonyl (C=O) groups excluding carboxylic acids is 1. The van der Waals surface area contributed by atoms with Gasteiger partial charge in [-0.1, -0.05) is 54.0 Å². The van der Waals surface area contributed by atoms with Gasteiger partial charge >= 0.3 is 7.52 Å². The van der Waals surface area contributed by atoms with Crippen LogP contribution in [0, 0.1) is 10.8 Å². The zero-order valence-corrected chi connectivity index (χ0v) is 27.8. The molecule has 0 fully saturated rings. The summed E-state index contributed by atoms with van der Waals surface area (Å²) >= 11 is 0. The molecule has 0 saturated heterocycles. The molecule has 2 aliphatic heterocycles. The number of anilines is 1. The maximum Gasteiger partial charge on any atom is 0.348 e. The van der Waals surface area contributed by atoms with Gasteiger partial charge in [0.2, 0.25) is 0 Å². The number of nitrogens with zero attached hydrogens (tertiary/aromatic N) is 2. The number of amides is 1. The van der Waals surface area contributed by atoms with Crippen molar-refractivity contribution in [3.8, 4) is 0 Å². The number of carbonyl (C=O) groups is 1. The molecule has 2 atom stereocenters. The normalized spacial score (nSPS) is 21.8. The molecule has 230 valence electrons. The molecule has 2 N–H and O–H groups in total. The lowest BCUT2D eigenvalue weighted by Gasteiger charge is -2.36. The van der Waals surface area contributed by atoms with Crippen molar-refractivity contribution < 1.29 is 27.4 Å². The van der Waals surface area contributed by atoms with E-state index in [1.165, 1.54) is 6.26 Å². The maximum absolute atomic E-state index is 14.4. The maximum atomic E-state index is 14.4. The van der Waals surface area contributed by atoms with Gasteiger partial charge in [-0.05, 0) is 68.1 Å². The summed E-state index contributed by atoms with van der Waals surface area (Å²) in [5, 5.41) is 15.1. The third kappa shape index (κ3) is 8.45. The van der Waals surface area contributed by atoms with Crippen LogP contribution in [0.15, 0.2) is 34.3 Å². The number of aryl methyl sites for hydroxylation is 1. The predicted molar refractivity (Wildman–Crippen MR) is 167 cm³/mol. The van der Waals surface area contributed by atoms with Gasteiger partial charge in [0.05, 0.1) is 23.1 Å². The van der Waals surface area contributed by atoms with E-state index >= 15 is 0 Å². The van der Waals surface area contributed by atoms with Crippen LogP contribution in [0.4, 0.5) is 5.69 Å². The lowest BCUT2D eigenvalue weighted by atomic mass is 9.84. The van der Waals surface area contributed by atoms with Crippen molar-refractivity contribution in [3.63, 3.8) is 0 Å². The Kier molecular flexibility index (Phi) is 9.93. The van der Waals surface area contributed by atoms with Gasteiger partial charge in [-0.25, -0.2) is 8.42 Å². The van der Waals surface area contributed by atoms with Gasteiger partial charge in [0, 0.05) is 18.6 Å². The zero-order valence-electron chi connectivity index (χ0n) is 26.1. The van der Waals surface area contributed by atoms with Crippen LogP contribution in [-0.4, -0.2) is 60.9 Å². The van der Waals surface area contributed by atoms with Gasteiger partial charge in [0.15, 0.2) is 5.84 Å². The number of rotatable bonds is 11. The van der Waals surface area contributed by atoms with Gasteiger partial charge in [-0.15, -0.1) is 0 Å². The molecule has 1 unspecified atom stereocenters. The summed E-state index contributed by atoms with van der Waals surface area (Å²) in [5.41, 5.74) is 1.05. The number of aliphatic hydroxyl groups is 1. The van der Waals surface area contributed by atoms with E-state index in [9.17, 15) is 22.9 Å². The van der Waals surface area contributed by atoms with Crippen molar-refractivity contribution in [1.29, 1.82) is 0 Å². The first-order chi connectivity index (χ1) is 18.7. The highest BCUT2D eigenvalue weighted by molar-refractivity contribution is 7.90. The summed E-state index contributed by atoms with van der Waals surface area (Å²) in [6.45, 7) is 16.3. The van der Waals surface area contributed by atoms with Crippen molar-refractivity contribution in [3.05, 3.63) is 35.1 Å². The third-order valence-corrected chi connectivity index (χ3v) is 10.3. The van der Waals surface area contributed by atoms with Gasteiger partial charge < -0.3 is 19.8 Å². The predicted octanol–water partition coefficient (Wildman–Crippen LogP) is 6.02. The molecule has 0 aliphatic carbocycles. The smallest absolute Gasteiger partial charge is 0.348 e. The van der Waals surface area contributed by atoms with E-state index in [2.05, 4.69) is 30.9 Å². The van der Waals surface area contributed by atoms with E-state index in [4.69, 9.17) is 4.52 Å². The Morgan fingerprint density at radius 3 is 2.34 bits per heavy atom. The minimum atomic E-state index is -3.81. The Morgan fingerprint density at radius 2 is 1.78 bits per heavy atom. The number of benzene rings is 1. The minimum absolute atomic E-state index is 0.00709. The number of sulfone groups is 1. The molecule has 0 spiro atoms.